The van der Waals surface area contributed by atoms with Gasteiger partial charge >= 0.3 is 5.97 Å². The molecule has 148 valence electrons. The molecule has 7 heteroatoms. The van der Waals surface area contributed by atoms with E-state index in [-0.39, 0.29) is 16.2 Å². The number of esters is 1. The maximum Gasteiger partial charge on any atom is 0.341 e. The highest BCUT2D eigenvalue weighted by Gasteiger charge is 2.41. The minimum Gasteiger partial charge on any atom is -0.506 e. The minimum atomic E-state index is -3.81. The van der Waals surface area contributed by atoms with Gasteiger partial charge in [-0.25, -0.2) is 13.2 Å². The summed E-state index contributed by atoms with van der Waals surface area (Å²) >= 11 is 0. The maximum absolute atomic E-state index is 13.5. The minimum absolute atomic E-state index is 0.0298. The van der Waals surface area contributed by atoms with E-state index in [0.29, 0.717) is 28.0 Å². The predicted molar refractivity (Wildman–Crippen MR) is 107 cm³/mol. The van der Waals surface area contributed by atoms with E-state index in [0.717, 1.165) is 0 Å². The van der Waals surface area contributed by atoms with Crippen LogP contribution >= 0.6 is 0 Å². The Hall–Kier alpha value is -3.32. The van der Waals surface area contributed by atoms with Gasteiger partial charge in [0.2, 0.25) is 0 Å². The summed E-state index contributed by atoms with van der Waals surface area (Å²) in [5.74, 6) is -0.506. The third-order valence-electron chi connectivity index (χ3n) is 5.09. The zero-order valence-corrected chi connectivity index (χ0v) is 16.6. The molecule has 1 aliphatic carbocycles. The molecule has 0 saturated heterocycles. The number of carbonyl (C=O) groups excluding carboxylic acids is 1. The summed E-state index contributed by atoms with van der Waals surface area (Å²) in [6.45, 7) is 0. The number of carbonyl (C=O) groups is 1. The number of hydrogen-bond acceptors (Lipinski definition) is 6. The smallest absolute Gasteiger partial charge is 0.341 e. The second kappa shape index (κ2) is 6.93. The van der Waals surface area contributed by atoms with Gasteiger partial charge in [-0.05, 0) is 47.0 Å². The first-order valence-corrected chi connectivity index (χ1v) is 10.4. The molecule has 0 bridgehead atoms. The van der Waals surface area contributed by atoms with Crippen molar-refractivity contribution in [1.29, 1.82) is 0 Å². The lowest BCUT2D eigenvalue weighted by Gasteiger charge is -2.15. The fourth-order valence-corrected chi connectivity index (χ4v) is 5.62. The van der Waals surface area contributed by atoms with Gasteiger partial charge in [0, 0.05) is 5.56 Å². The Bertz CT molecular complexity index is 1220. The van der Waals surface area contributed by atoms with Crippen LogP contribution in [-0.4, -0.2) is 33.7 Å². The van der Waals surface area contributed by atoms with Gasteiger partial charge in [-0.1, -0.05) is 30.3 Å². The van der Waals surface area contributed by atoms with Gasteiger partial charge in [-0.15, -0.1) is 0 Å². The van der Waals surface area contributed by atoms with Crippen molar-refractivity contribution in [2.24, 2.45) is 0 Å². The number of phenols is 1. The van der Waals surface area contributed by atoms with E-state index in [1.54, 1.807) is 54.6 Å². The SMILES string of the molecule is COC(=O)c1ccc2c(c1O)-c1cc(OC)ccc1C2S(=O)(=O)c1ccccc1. The molecule has 1 unspecified atom stereocenters. The van der Waals surface area contributed by atoms with E-state index in [4.69, 9.17) is 9.47 Å². The molecule has 1 atom stereocenters. The molecule has 0 spiro atoms. The molecule has 4 rings (SSSR count). The number of sulfone groups is 1. The van der Waals surface area contributed by atoms with Crippen LogP contribution in [0.4, 0.5) is 0 Å². The number of ether oxygens (including phenoxy) is 2. The lowest BCUT2D eigenvalue weighted by molar-refractivity contribution is 0.0597. The number of fused-ring (bicyclic) bond motifs is 3. The van der Waals surface area contributed by atoms with Crippen LogP contribution in [0.25, 0.3) is 11.1 Å². The Morgan fingerprint density at radius 3 is 2.31 bits per heavy atom. The molecule has 6 nitrogen and oxygen atoms in total. The normalized spacial score (nSPS) is 14.8. The van der Waals surface area contributed by atoms with Gasteiger partial charge in [0.1, 0.15) is 22.3 Å². The molecule has 1 N–H and O–H groups in total. The van der Waals surface area contributed by atoms with Crippen LogP contribution in [0.5, 0.6) is 11.5 Å². The fourth-order valence-electron chi connectivity index (χ4n) is 3.74. The van der Waals surface area contributed by atoms with Gasteiger partial charge < -0.3 is 14.6 Å². The van der Waals surface area contributed by atoms with E-state index in [2.05, 4.69) is 0 Å². The van der Waals surface area contributed by atoms with Crippen molar-refractivity contribution in [3.63, 3.8) is 0 Å². The quantitative estimate of drug-likeness (QED) is 0.659. The molecular formula is C22H18O6S. The molecule has 3 aromatic carbocycles. The molecule has 0 saturated carbocycles. The number of hydrogen-bond donors (Lipinski definition) is 1. The summed E-state index contributed by atoms with van der Waals surface area (Å²) in [4.78, 5) is 12.2. The van der Waals surface area contributed by atoms with E-state index in [1.807, 2.05) is 0 Å². The monoisotopic (exact) mass is 410 g/mol. The van der Waals surface area contributed by atoms with Crippen molar-refractivity contribution in [3.8, 4) is 22.6 Å². The summed E-state index contributed by atoms with van der Waals surface area (Å²) in [5.41, 5.74) is 1.69. The van der Waals surface area contributed by atoms with Crippen LogP contribution in [0.3, 0.4) is 0 Å². The average Bonchev–Trinajstić information content (AvgIpc) is 3.09. The van der Waals surface area contributed by atoms with Crippen LogP contribution in [-0.2, 0) is 14.6 Å². The molecule has 29 heavy (non-hydrogen) atoms. The molecule has 0 radical (unpaired) electrons. The van der Waals surface area contributed by atoms with Gasteiger partial charge in [0.25, 0.3) is 0 Å². The van der Waals surface area contributed by atoms with Crippen molar-refractivity contribution in [2.45, 2.75) is 10.1 Å². The fraction of sp³-hybridized carbons (Fsp3) is 0.136. The second-order valence-electron chi connectivity index (χ2n) is 6.61. The first-order chi connectivity index (χ1) is 13.9. The van der Waals surface area contributed by atoms with Gasteiger partial charge in [-0.2, -0.15) is 0 Å². The Kier molecular flexibility index (Phi) is 4.55. The van der Waals surface area contributed by atoms with Crippen molar-refractivity contribution < 1.29 is 27.8 Å². The molecule has 0 fully saturated rings. The number of rotatable bonds is 4. The molecule has 0 aromatic heterocycles. The molecule has 3 aromatic rings. The Morgan fingerprint density at radius 1 is 0.966 bits per heavy atom. The topological polar surface area (TPSA) is 89.9 Å². The Labute approximate surface area is 168 Å². The molecule has 1 aliphatic rings. The van der Waals surface area contributed by atoms with Crippen LogP contribution in [0, 0.1) is 0 Å². The van der Waals surface area contributed by atoms with Crippen LogP contribution in [0.2, 0.25) is 0 Å². The number of methoxy groups -OCH3 is 2. The van der Waals surface area contributed by atoms with Crippen LogP contribution in [0.15, 0.2) is 65.6 Å². The van der Waals surface area contributed by atoms with E-state index < -0.39 is 21.1 Å². The zero-order valence-electron chi connectivity index (χ0n) is 15.7. The Morgan fingerprint density at radius 2 is 1.66 bits per heavy atom. The average molecular weight is 410 g/mol. The highest BCUT2D eigenvalue weighted by molar-refractivity contribution is 7.92. The van der Waals surface area contributed by atoms with Gasteiger partial charge in [-0.3, -0.25) is 0 Å². The second-order valence-corrected chi connectivity index (χ2v) is 8.64. The van der Waals surface area contributed by atoms with Crippen molar-refractivity contribution in [3.05, 3.63) is 77.4 Å². The van der Waals surface area contributed by atoms with Gasteiger partial charge in [0.15, 0.2) is 9.84 Å². The number of phenolic OH excluding ortho intramolecular Hbond substituents is 1. The summed E-state index contributed by atoms with van der Waals surface area (Å²) in [6, 6.07) is 16.1. The predicted octanol–water partition coefficient (Wildman–Crippen LogP) is 3.73. The van der Waals surface area contributed by atoms with E-state index in [1.165, 1.54) is 20.3 Å². The third-order valence-corrected chi connectivity index (χ3v) is 7.15. The lowest BCUT2D eigenvalue weighted by atomic mass is 10.0. The maximum atomic E-state index is 13.5. The Balaban J connectivity index is 2.03. The van der Waals surface area contributed by atoms with Crippen molar-refractivity contribution >= 4 is 15.8 Å². The molecule has 0 aliphatic heterocycles. The first kappa shape index (κ1) is 19.0. The standard InChI is InChI=1S/C22H18O6S/c1-27-13-8-9-15-18(12-13)19-16(10-11-17(20(19)23)22(24)28-2)21(15)29(25,26)14-6-4-3-5-7-14/h3-12,21,23H,1-2H3. The first-order valence-electron chi connectivity index (χ1n) is 8.81. The summed E-state index contributed by atoms with van der Waals surface area (Å²) in [5, 5.41) is 9.82. The van der Waals surface area contributed by atoms with Crippen molar-refractivity contribution in [1.82, 2.24) is 0 Å². The zero-order chi connectivity index (χ0) is 20.8. The number of benzene rings is 3. The van der Waals surface area contributed by atoms with Crippen molar-refractivity contribution in [2.75, 3.05) is 14.2 Å². The molecule has 0 heterocycles. The van der Waals surface area contributed by atoms with Crippen LogP contribution in [0.1, 0.15) is 26.7 Å². The summed E-state index contributed by atoms with van der Waals surface area (Å²) in [6.07, 6.45) is 0. The van der Waals surface area contributed by atoms with E-state index in [9.17, 15) is 18.3 Å². The summed E-state index contributed by atoms with van der Waals surface area (Å²) < 4.78 is 37.0. The van der Waals surface area contributed by atoms with E-state index >= 15 is 0 Å². The lowest BCUT2D eigenvalue weighted by Crippen LogP contribution is -2.13. The third kappa shape index (κ3) is 2.86. The largest absolute Gasteiger partial charge is 0.506 e. The molecule has 0 amide bonds. The highest BCUT2D eigenvalue weighted by Crippen LogP contribution is 2.53. The number of aromatic hydroxyl groups is 1. The van der Waals surface area contributed by atoms with Crippen LogP contribution < -0.4 is 4.74 Å². The molecular weight excluding hydrogens is 392 g/mol. The summed E-state index contributed by atoms with van der Waals surface area (Å²) in [7, 11) is -1.09. The van der Waals surface area contributed by atoms with Gasteiger partial charge in [0.05, 0.1) is 19.1 Å². The highest BCUT2D eigenvalue weighted by atomic mass is 32.2.